The van der Waals surface area contributed by atoms with Crippen LogP contribution in [0.2, 0.25) is 15.1 Å². The van der Waals surface area contributed by atoms with Crippen LogP contribution < -0.4 is 10.1 Å². The van der Waals surface area contributed by atoms with Crippen molar-refractivity contribution < 1.29 is 22.7 Å². The molecular weight excluding hydrogens is 580 g/mol. The molecule has 0 aliphatic heterocycles. The highest BCUT2D eigenvalue weighted by Crippen LogP contribution is 2.35. The highest BCUT2D eigenvalue weighted by atomic mass is 35.5. The zero-order valence-electron chi connectivity index (χ0n) is 19.8. The van der Waals surface area contributed by atoms with Gasteiger partial charge in [0.05, 0.1) is 19.3 Å². The molecule has 1 amide bonds. The van der Waals surface area contributed by atoms with Crippen molar-refractivity contribution >= 4 is 52.2 Å². The summed E-state index contributed by atoms with van der Waals surface area (Å²) in [5, 5.41) is 10.8. The number of hydrogen-bond donors (Lipinski definition) is 1. The Hall–Kier alpha value is -3.80. The van der Waals surface area contributed by atoms with Crippen molar-refractivity contribution in [2.75, 3.05) is 12.4 Å². The number of fused-ring (bicyclic) bond motifs is 1. The first kappa shape index (κ1) is 26.8. The van der Waals surface area contributed by atoms with E-state index in [0.717, 1.165) is 11.6 Å². The van der Waals surface area contributed by atoms with Gasteiger partial charge in [-0.25, -0.2) is 9.50 Å². The molecule has 0 bridgehead atoms. The van der Waals surface area contributed by atoms with Crippen LogP contribution in [0.25, 0.3) is 16.9 Å². The molecule has 5 rings (SSSR count). The second-order valence-corrected chi connectivity index (χ2v) is 9.48. The zero-order chi connectivity index (χ0) is 27.9. The van der Waals surface area contributed by atoms with Gasteiger partial charge < -0.3 is 10.1 Å². The molecule has 0 aliphatic rings. The first-order chi connectivity index (χ1) is 18.5. The van der Waals surface area contributed by atoms with E-state index in [4.69, 9.17) is 39.5 Å². The minimum absolute atomic E-state index is 0.0233. The van der Waals surface area contributed by atoms with E-state index in [-0.39, 0.29) is 27.2 Å². The van der Waals surface area contributed by atoms with Crippen LogP contribution >= 0.6 is 34.8 Å². The van der Waals surface area contributed by atoms with Crippen molar-refractivity contribution in [1.29, 1.82) is 0 Å². The van der Waals surface area contributed by atoms with Crippen LogP contribution in [0.4, 0.5) is 19.0 Å². The van der Waals surface area contributed by atoms with Crippen molar-refractivity contribution in [1.82, 2.24) is 24.4 Å². The van der Waals surface area contributed by atoms with E-state index < -0.39 is 23.5 Å². The Morgan fingerprint density at radius 1 is 1.05 bits per heavy atom. The highest BCUT2D eigenvalue weighted by Gasteiger charge is 2.37. The molecule has 0 radical (unpaired) electrons. The van der Waals surface area contributed by atoms with E-state index in [2.05, 4.69) is 20.5 Å². The van der Waals surface area contributed by atoms with Gasteiger partial charge in [-0.05, 0) is 35.9 Å². The molecule has 200 valence electrons. The lowest BCUT2D eigenvalue weighted by Crippen LogP contribution is -2.16. The molecule has 8 nitrogen and oxygen atoms in total. The SMILES string of the molecule is COc1cccc(-c2cc(C(F)(F)F)n3nc(C(=O)Nc4nn(Cc5ccc(Cl)cc5)cc4Cl)c(Cl)c3n2)c1. The molecule has 0 spiro atoms. The van der Waals surface area contributed by atoms with Crippen LogP contribution in [0.5, 0.6) is 5.75 Å². The summed E-state index contributed by atoms with van der Waals surface area (Å²) in [5.41, 5.74) is -0.821. The van der Waals surface area contributed by atoms with E-state index >= 15 is 0 Å². The molecule has 0 fully saturated rings. The second-order valence-electron chi connectivity index (χ2n) is 8.26. The summed E-state index contributed by atoms with van der Waals surface area (Å²) in [6.45, 7) is 0.327. The van der Waals surface area contributed by atoms with Gasteiger partial charge in [0.2, 0.25) is 0 Å². The average Bonchev–Trinajstić information content (AvgIpc) is 3.42. The number of methoxy groups -OCH3 is 1. The first-order valence-electron chi connectivity index (χ1n) is 11.1. The number of aromatic nitrogens is 5. The van der Waals surface area contributed by atoms with Crippen molar-refractivity contribution in [3.63, 3.8) is 0 Å². The molecule has 0 unspecified atom stereocenters. The number of amides is 1. The van der Waals surface area contributed by atoms with Crippen LogP contribution in [0.15, 0.2) is 60.8 Å². The van der Waals surface area contributed by atoms with E-state index in [0.29, 0.717) is 27.4 Å². The van der Waals surface area contributed by atoms with Gasteiger partial charge in [-0.15, -0.1) is 0 Å². The number of halogens is 6. The molecule has 5 aromatic rings. The fourth-order valence-corrected chi connectivity index (χ4v) is 4.34. The Labute approximate surface area is 233 Å². The first-order valence-corrected chi connectivity index (χ1v) is 12.3. The van der Waals surface area contributed by atoms with E-state index in [9.17, 15) is 18.0 Å². The number of benzene rings is 2. The number of hydrogen-bond acceptors (Lipinski definition) is 5. The molecule has 0 aliphatic carbocycles. The number of alkyl halides is 3. The maximum Gasteiger partial charge on any atom is 0.433 e. The van der Waals surface area contributed by atoms with E-state index in [1.807, 2.05) is 0 Å². The molecule has 39 heavy (non-hydrogen) atoms. The van der Waals surface area contributed by atoms with Gasteiger partial charge in [0.25, 0.3) is 5.91 Å². The van der Waals surface area contributed by atoms with Gasteiger partial charge in [-0.1, -0.05) is 59.1 Å². The topological polar surface area (TPSA) is 86.3 Å². The molecule has 3 aromatic heterocycles. The second kappa shape index (κ2) is 10.4. The van der Waals surface area contributed by atoms with Crippen molar-refractivity contribution in [3.8, 4) is 17.0 Å². The Morgan fingerprint density at radius 3 is 2.49 bits per heavy atom. The Morgan fingerprint density at radius 2 is 1.79 bits per heavy atom. The molecule has 0 atom stereocenters. The van der Waals surface area contributed by atoms with Gasteiger partial charge in [-0.3, -0.25) is 9.48 Å². The van der Waals surface area contributed by atoms with Crippen LogP contribution in [0.3, 0.4) is 0 Å². The molecular formula is C25H16Cl3F3N6O2. The third kappa shape index (κ3) is 5.51. The average molecular weight is 596 g/mol. The third-order valence-electron chi connectivity index (χ3n) is 5.61. The predicted octanol–water partition coefficient (Wildman–Crippen LogP) is 6.88. The molecule has 1 N–H and O–H groups in total. The van der Waals surface area contributed by atoms with Crippen LogP contribution in [-0.2, 0) is 12.7 Å². The number of carbonyl (C=O) groups is 1. The quantitative estimate of drug-likeness (QED) is 0.231. The summed E-state index contributed by atoms with van der Waals surface area (Å²) in [5.74, 6) is -0.514. The summed E-state index contributed by atoms with van der Waals surface area (Å²) >= 11 is 18.5. The van der Waals surface area contributed by atoms with Gasteiger partial charge in [0, 0.05) is 16.8 Å². The van der Waals surface area contributed by atoms with Crippen LogP contribution in [-0.4, -0.2) is 37.4 Å². The van der Waals surface area contributed by atoms with Gasteiger partial charge in [0.1, 0.15) is 15.8 Å². The van der Waals surface area contributed by atoms with Gasteiger partial charge >= 0.3 is 6.18 Å². The van der Waals surface area contributed by atoms with Crippen LogP contribution in [0, 0.1) is 0 Å². The summed E-state index contributed by atoms with van der Waals surface area (Å²) < 4.78 is 49.2. The maximum absolute atomic E-state index is 14.0. The van der Waals surface area contributed by atoms with Crippen molar-refractivity contribution in [2.45, 2.75) is 12.7 Å². The standard InChI is InChI=1S/C25H16Cl3F3N6O2/c1-39-16-4-2-3-14(9-16)18-10-19(25(29,30)31)37-23(32-18)20(28)21(34-37)24(38)33-22-17(27)12-36(35-22)11-13-5-7-15(26)8-6-13/h2-10,12H,11H2,1H3,(H,33,35,38). The minimum Gasteiger partial charge on any atom is -0.497 e. The summed E-state index contributed by atoms with van der Waals surface area (Å²) in [7, 11) is 1.43. The lowest BCUT2D eigenvalue weighted by molar-refractivity contribution is -0.142. The lowest BCUT2D eigenvalue weighted by atomic mass is 10.1. The van der Waals surface area contributed by atoms with E-state index in [1.165, 1.54) is 24.1 Å². The summed E-state index contributed by atoms with van der Waals surface area (Å²) in [6.07, 6.45) is -3.34. The van der Waals surface area contributed by atoms with E-state index in [1.54, 1.807) is 42.5 Å². The van der Waals surface area contributed by atoms with Crippen molar-refractivity contribution in [3.05, 3.63) is 92.8 Å². The third-order valence-corrected chi connectivity index (χ3v) is 6.49. The fourth-order valence-electron chi connectivity index (χ4n) is 3.78. The monoisotopic (exact) mass is 594 g/mol. The lowest BCUT2D eigenvalue weighted by Gasteiger charge is -2.11. The normalized spacial score (nSPS) is 11.7. The number of nitrogens with one attached hydrogen (secondary N) is 1. The van der Waals surface area contributed by atoms with Crippen molar-refractivity contribution in [2.24, 2.45) is 0 Å². The molecule has 3 heterocycles. The highest BCUT2D eigenvalue weighted by molar-refractivity contribution is 6.37. The summed E-state index contributed by atoms with van der Waals surface area (Å²) in [6, 6.07) is 14.2. The largest absolute Gasteiger partial charge is 0.497 e. The Kier molecular flexibility index (Phi) is 7.15. The molecule has 0 saturated carbocycles. The fraction of sp³-hybridized carbons (Fsp3) is 0.120. The molecule has 2 aromatic carbocycles. The number of anilines is 1. The van der Waals surface area contributed by atoms with Crippen LogP contribution in [0.1, 0.15) is 21.7 Å². The number of rotatable bonds is 6. The zero-order valence-corrected chi connectivity index (χ0v) is 22.1. The Bertz CT molecular complexity index is 1700. The number of nitrogens with zero attached hydrogens (tertiary/aromatic N) is 5. The smallest absolute Gasteiger partial charge is 0.433 e. The van der Waals surface area contributed by atoms with Gasteiger partial charge in [0.15, 0.2) is 22.9 Å². The molecule has 0 saturated heterocycles. The number of carbonyl (C=O) groups excluding carboxylic acids is 1. The molecule has 14 heteroatoms. The minimum atomic E-state index is -4.83. The maximum atomic E-state index is 14.0. The van der Waals surface area contributed by atoms with Gasteiger partial charge in [-0.2, -0.15) is 23.4 Å². The summed E-state index contributed by atoms with van der Waals surface area (Å²) in [4.78, 5) is 17.3. The predicted molar refractivity (Wildman–Crippen MR) is 141 cm³/mol. The Balaban J connectivity index is 1.49. The number of ether oxygens (including phenoxy) is 1.